The first-order chi connectivity index (χ1) is 5.42. The van der Waals surface area contributed by atoms with Gasteiger partial charge < -0.3 is 10.4 Å². The molecule has 1 heterocycles. The summed E-state index contributed by atoms with van der Waals surface area (Å²) >= 11 is 0. The molecule has 0 aromatic carbocycles. The predicted molar refractivity (Wildman–Crippen MR) is 41.4 cm³/mol. The first-order valence-corrected chi connectivity index (χ1v) is 3.70. The Morgan fingerprint density at radius 1 is 1.75 bits per heavy atom. The van der Waals surface area contributed by atoms with Crippen molar-refractivity contribution in [1.29, 1.82) is 0 Å². The van der Waals surface area contributed by atoms with Gasteiger partial charge in [-0.05, 0) is 13.8 Å². The first-order valence-electron chi connectivity index (χ1n) is 3.70. The summed E-state index contributed by atoms with van der Waals surface area (Å²) < 4.78 is 0. The number of hydrogen-bond donors (Lipinski definition) is 2. The van der Waals surface area contributed by atoms with Crippen molar-refractivity contribution in [2.24, 2.45) is 0 Å². The van der Waals surface area contributed by atoms with Gasteiger partial charge in [-0.2, -0.15) is 0 Å². The standard InChI is InChI=1S/C7H12N2O3/c1-7(2)8-5(10)3-9(7)4-6(11)12/h3-4H2,1-2H3,(H,8,10)(H,11,12). The fraction of sp³-hybridized carbons (Fsp3) is 0.714. The van der Waals surface area contributed by atoms with Crippen molar-refractivity contribution in [1.82, 2.24) is 10.2 Å². The Labute approximate surface area is 70.4 Å². The van der Waals surface area contributed by atoms with Crippen LogP contribution in [-0.4, -0.2) is 40.6 Å². The van der Waals surface area contributed by atoms with Gasteiger partial charge in [0.25, 0.3) is 0 Å². The lowest BCUT2D eigenvalue weighted by Gasteiger charge is -2.28. The molecule has 0 bridgehead atoms. The Morgan fingerprint density at radius 3 is 2.67 bits per heavy atom. The van der Waals surface area contributed by atoms with Gasteiger partial charge in [0.1, 0.15) is 0 Å². The van der Waals surface area contributed by atoms with Gasteiger partial charge in [0, 0.05) is 0 Å². The van der Waals surface area contributed by atoms with E-state index >= 15 is 0 Å². The lowest BCUT2D eigenvalue weighted by Crippen LogP contribution is -2.48. The number of carbonyl (C=O) groups is 2. The third-order valence-electron chi connectivity index (χ3n) is 1.90. The second-order valence-corrected chi connectivity index (χ2v) is 3.36. The van der Waals surface area contributed by atoms with E-state index in [1.54, 1.807) is 18.7 Å². The van der Waals surface area contributed by atoms with Gasteiger partial charge in [0.05, 0.1) is 18.8 Å². The van der Waals surface area contributed by atoms with Gasteiger partial charge in [0.2, 0.25) is 5.91 Å². The minimum atomic E-state index is -0.917. The minimum absolute atomic E-state index is 0.105. The molecule has 5 nitrogen and oxygen atoms in total. The monoisotopic (exact) mass is 172 g/mol. The number of nitrogens with one attached hydrogen (secondary N) is 1. The molecule has 1 fully saturated rings. The van der Waals surface area contributed by atoms with Crippen LogP contribution >= 0.6 is 0 Å². The molecule has 1 aliphatic rings. The van der Waals surface area contributed by atoms with Gasteiger partial charge in [-0.15, -0.1) is 0 Å². The summed E-state index contributed by atoms with van der Waals surface area (Å²) in [4.78, 5) is 22.9. The Hall–Kier alpha value is -1.10. The van der Waals surface area contributed by atoms with Crippen LogP contribution in [0.25, 0.3) is 0 Å². The minimum Gasteiger partial charge on any atom is -0.480 e. The highest BCUT2D eigenvalue weighted by Gasteiger charge is 2.37. The maximum Gasteiger partial charge on any atom is 0.317 e. The van der Waals surface area contributed by atoms with Crippen molar-refractivity contribution in [3.8, 4) is 0 Å². The third-order valence-corrected chi connectivity index (χ3v) is 1.90. The average molecular weight is 172 g/mol. The van der Waals surface area contributed by atoms with Crippen LogP contribution in [0.5, 0.6) is 0 Å². The second kappa shape index (κ2) is 2.75. The molecular weight excluding hydrogens is 160 g/mol. The molecule has 2 N–H and O–H groups in total. The molecule has 12 heavy (non-hydrogen) atoms. The van der Waals surface area contributed by atoms with E-state index in [1.807, 2.05) is 0 Å². The van der Waals surface area contributed by atoms with Crippen LogP contribution in [0.1, 0.15) is 13.8 Å². The van der Waals surface area contributed by atoms with Gasteiger partial charge in [-0.25, -0.2) is 0 Å². The molecule has 0 saturated carbocycles. The van der Waals surface area contributed by atoms with Crippen LogP contribution < -0.4 is 5.32 Å². The maximum atomic E-state index is 10.9. The van der Waals surface area contributed by atoms with Crippen molar-refractivity contribution in [3.63, 3.8) is 0 Å². The maximum absolute atomic E-state index is 10.9. The Bertz CT molecular complexity index is 225. The number of hydrogen-bond acceptors (Lipinski definition) is 3. The molecule has 1 rings (SSSR count). The van der Waals surface area contributed by atoms with Crippen molar-refractivity contribution in [2.45, 2.75) is 19.5 Å². The highest BCUT2D eigenvalue weighted by molar-refractivity contribution is 5.82. The van der Waals surface area contributed by atoms with E-state index in [2.05, 4.69) is 5.32 Å². The summed E-state index contributed by atoms with van der Waals surface area (Å²) in [6, 6.07) is 0. The summed E-state index contributed by atoms with van der Waals surface area (Å²) in [5.41, 5.74) is -0.532. The molecule has 68 valence electrons. The third kappa shape index (κ3) is 1.73. The average Bonchev–Trinajstić information content (AvgIpc) is 2.04. The zero-order valence-corrected chi connectivity index (χ0v) is 7.13. The molecule has 0 spiro atoms. The fourth-order valence-corrected chi connectivity index (χ4v) is 1.25. The molecule has 0 radical (unpaired) electrons. The number of amides is 1. The highest BCUT2D eigenvalue weighted by atomic mass is 16.4. The highest BCUT2D eigenvalue weighted by Crippen LogP contribution is 2.15. The van der Waals surface area contributed by atoms with Crippen LogP contribution in [0.3, 0.4) is 0 Å². The zero-order valence-electron chi connectivity index (χ0n) is 7.13. The molecular formula is C7H12N2O3. The van der Waals surface area contributed by atoms with Gasteiger partial charge in [-0.3, -0.25) is 14.5 Å². The van der Waals surface area contributed by atoms with Crippen LogP contribution in [0.2, 0.25) is 0 Å². The molecule has 1 aliphatic heterocycles. The Morgan fingerprint density at radius 2 is 2.33 bits per heavy atom. The second-order valence-electron chi connectivity index (χ2n) is 3.36. The van der Waals surface area contributed by atoms with Crippen molar-refractivity contribution < 1.29 is 14.7 Å². The van der Waals surface area contributed by atoms with Crippen molar-refractivity contribution >= 4 is 11.9 Å². The Kier molecular flexibility index (Phi) is 2.06. The molecule has 1 amide bonds. The van der Waals surface area contributed by atoms with Crippen LogP contribution in [0.4, 0.5) is 0 Å². The number of carboxylic acid groups (broad SMARTS) is 1. The van der Waals surface area contributed by atoms with Gasteiger partial charge in [-0.1, -0.05) is 0 Å². The van der Waals surface area contributed by atoms with Crippen LogP contribution in [0, 0.1) is 0 Å². The summed E-state index contributed by atoms with van der Waals surface area (Å²) in [5.74, 6) is -1.04. The number of carbonyl (C=O) groups excluding carboxylic acids is 1. The topological polar surface area (TPSA) is 69.6 Å². The van der Waals surface area contributed by atoms with E-state index in [-0.39, 0.29) is 19.0 Å². The van der Waals surface area contributed by atoms with Crippen LogP contribution in [-0.2, 0) is 9.59 Å². The molecule has 0 unspecified atom stereocenters. The molecule has 5 heteroatoms. The van der Waals surface area contributed by atoms with Crippen molar-refractivity contribution in [3.05, 3.63) is 0 Å². The van der Waals surface area contributed by atoms with Gasteiger partial charge >= 0.3 is 5.97 Å². The Balaban J connectivity index is 2.65. The fourth-order valence-electron chi connectivity index (χ4n) is 1.25. The largest absolute Gasteiger partial charge is 0.480 e. The first kappa shape index (κ1) is 8.99. The molecule has 0 aromatic heterocycles. The van der Waals surface area contributed by atoms with E-state index in [9.17, 15) is 9.59 Å². The molecule has 0 aliphatic carbocycles. The van der Waals surface area contributed by atoms with Crippen LogP contribution in [0.15, 0.2) is 0 Å². The van der Waals surface area contributed by atoms with E-state index in [0.717, 1.165) is 0 Å². The quantitative estimate of drug-likeness (QED) is 0.574. The summed E-state index contributed by atoms with van der Waals surface area (Å²) in [6.45, 7) is 3.62. The molecule has 1 saturated heterocycles. The number of rotatable bonds is 2. The lowest BCUT2D eigenvalue weighted by atomic mass is 10.2. The predicted octanol–water partition coefficient (Wildman–Crippen LogP) is -0.761. The van der Waals surface area contributed by atoms with E-state index in [1.165, 1.54) is 0 Å². The van der Waals surface area contributed by atoms with E-state index in [4.69, 9.17) is 5.11 Å². The van der Waals surface area contributed by atoms with Gasteiger partial charge in [0.15, 0.2) is 0 Å². The number of carboxylic acids is 1. The smallest absolute Gasteiger partial charge is 0.317 e. The summed E-state index contributed by atoms with van der Waals surface area (Å²) in [7, 11) is 0. The zero-order chi connectivity index (χ0) is 9.35. The van der Waals surface area contributed by atoms with E-state index < -0.39 is 11.6 Å². The normalized spacial score (nSPS) is 22.3. The SMILES string of the molecule is CC1(C)NC(=O)CN1CC(=O)O. The summed E-state index contributed by atoms with van der Waals surface area (Å²) in [5, 5.41) is 11.2. The van der Waals surface area contributed by atoms with E-state index in [0.29, 0.717) is 0 Å². The molecule has 0 aromatic rings. The number of aliphatic carboxylic acids is 1. The van der Waals surface area contributed by atoms with Crippen molar-refractivity contribution in [2.75, 3.05) is 13.1 Å². The lowest BCUT2D eigenvalue weighted by molar-refractivity contribution is -0.139. The molecule has 0 atom stereocenters. The summed E-state index contributed by atoms with van der Waals surface area (Å²) in [6.07, 6.45) is 0. The number of nitrogens with zero attached hydrogens (tertiary/aromatic N) is 1.